The first-order valence-corrected chi connectivity index (χ1v) is 10.2. The van der Waals surface area contributed by atoms with Gasteiger partial charge in [0.15, 0.2) is 0 Å². The van der Waals surface area contributed by atoms with Crippen LogP contribution in [0.3, 0.4) is 0 Å². The number of fused-ring (bicyclic) bond motifs is 1. The number of nitrogens with zero attached hydrogens (tertiary/aromatic N) is 4. The molecule has 0 spiro atoms. The number of nitrogens with one attached hydrogen (secondary N) is 3. The maximum absolute atomic E-state index is 13.2. The summed E-state index contributed by atoms with van der Waals surface area (Å²) in [6, 6.07) is 19.6. The predicted octanol–water partition coefficient (Wildman–Crippen LogP) is 2.43. The number of urea groups is 1. The summed E-state index contributed by atoms with van der Waals surface area (Å²) in [4.78, 5) is 39.3. The van der Waals surface area contributed by atoms with Crippen molar-refractivity contribution < 1.29 is 14.4 Å². The molecule has 0 bridgehead atoms. The number of hydrogen-bond donors (Lipinski definition) is 3. The van der Waals surface area contributed by atoms with Gasteiger partial charge in [-0.15, -0.1) is 10.2 Å². The molecule has 1 atom stereocenters. The van der Waals surface area contributed by atoms with E-state index < -0.39 is 29.9 Å². The lowest BCUT2D eigenvalue weighted by molar-refractivity contribution is -0.133. The van der Waals surface area contributed by atoms with Crippen LogP contribution in [0, 0.1) is 0 Å². The first kappa shape index (κ1) is 20.3. The van der Waals surface area contributed by atoms with E-state index in [1.54, 1.807) is 31.2 Å². The molecule has 1 aliphatic heterocycles. The van der Waals surface area contributed by atoms with E-state index in [1.165, 1.54) is 0 Å². The number of aromatic amines is 1. The first-order chi connectivity index (χ1) is 15.9. The number of tetrazole rings is 1. The number of imide groups is 1. The maximum atomic E-state index is 13.2. The van der Waals surface area contributed by atoms with Gasteiger partial charge in [0.25, 0.3) is 5.91 Å². The molecule has 4 aromatic rings. The van der Waals surface area contributed by atoms with E-state index in [-0.39, 0.29) is 0 Å². The van der Waals surface area contributed by atoms with Gasteiger partial charge in [0.2, 0.25) is 11.7 Å². The summed E-state index contributed by atoms with van der Waals surface area (Å²) in [6.45, 7) is 1.24. The van der Waals surface area contributed by atoms with Crippen LogP contribution in [0.4, 0.5) is 10.5 Å². The Kier molecular flexibility index (Phi) is 4.82. The fourth-order valence-electron chi connectivity index (χ4n) is 3.87. The molecule has 3 aromatic carbocycles. The number of carbonyl (C=O) groups is 3. The van der Waals surface area contributed by atoms with E-state index in [2.05, 4.69) is 31.3 Å². The molecule has 4 amide bonds. The highest BCUT2D eigenvalue weighted by molar-refractivity contribution is 6.10. The van der Waals surface area contributed by atoms with E-state index in [1.807, 2.05) is 42.5 Å². The van der Waals surface area contributed by atoms with Crippen molar-refractivity contribution in [3.63, 3.8) is 0 Å². The Hall–Kier alpha value is -4.60. The van der Waals surface area contributed by atoms with Crippen LogP contribution < -0.4 is 10.6 Å². The largest absolute Gasteiger partial charge is 0.325 e. The Morgan fingerprint density at radius 3 is 2.52 bits per heavy atom. The summed E-state index contributed by atoms with van der Waals surface area (Å²) in [5, 5.41) is 21.1. The second-order valence-corrected chi connectivity index (χ2v) is 7.87. The van der Waals surface area contributed by atoms with Gasteiger partial charge in [-0.25, -0.2) is 4.79 Å². The third kappa shape index (κ3) is 3.67. The first-order valence-electron chi connectivity index (χ1n) is 10.2. The quantitative estimate of drug-likeness (QED) is 0.408. The van der Waals surface area contributed by atoms with Crippen LogP contribution in [-0.2, 0) is 15.1 Å². The lowest BCUT2D eigenvalue weighted by Crippen LogP contribution is -2.42. The Morgan fingerprint density at radius 1 is 1.03 bits per heavy atom. The molecule has 10 heteroatoms. The summed E-state index contributed by atoms with van der Waals surface area (Å²) in [5.41, 5.74) is 0.631. The molecule has 1 aliphatic rings. The van der Waals surface area contributed by atoms with Crippen molar-refractivity contribution in [2.24, 2.45) is 0 Å². The molecule has 1 saturated heterocycles. The molecule has 1 unspecified atom stereocenters. The van der Waals surface area contributed by atoms with Crippen molar-refractivity contribution >= 4 is 34.3 Å². The van der Waals surface area contributed by atoms with Crippen LogP contribution in [0.5, 0.6) is 0 Å². The topological polar surface area (TPSA) is 133 Å². The highest BCUT2D eigenvalue weighted by Gasteiger charge is 2.49. The molecule has 0 saturated carbocycles. The summed E-state index contributed by atoms with van der Waals surface area (Å²) >= 11 is 0. The molecule has 0 aliphatic carbocycles. The molecular formula is C23H19N7O3. The molecule has 1 fully saturated rings. The van der Waals surface area contributed by atoms with Crippen molar-refractivity contribution in [3.8, 4) is 11.4 Å². The van der Waals surface area contributed by atoms with Crippen LogP contribution in [0.15, 0.2) is 66.7 Å². The zero-order chi connectivity index (χ0) is 23.0. The van der Waals surface area contributed by atoms with Gasteiger partial charge < -0.3 is 10.6 Å². The number of H-pyrrole nitrogens is 1. The molecule has 33 heavy (non-hydrogen) atoms. The second kappa shape index (κ2) is 7.83. The molecule has 5 rings (SSSR count). The van der Waals surface area contributed by atoms with E-state index in [4.69, 9.17) is 0 Å². The standard InChI is InChI=1S/C23H19N7O3/c1-23(17-9-6-14-4-2-3-5-16(14)12-17)21(32)30(22(33)25-23)13-19(31)24-18-10-7-15(8-11-18)20-26-28-29-27-20/h2-12H,13H2,1H3,(H,24,31)(H,25,33)(H,26,27,28,29). The fraction of sp³-hybridized carbons (Fsp3) is 0.130. The van der Waals surface area contributed by atoms with Crippen molar-refractivity contribution in [1.29, 1.82) is 0 Å². The van der Waals surface area contributed by atoms with Crippen molar-refractivity contribution in [1.82, 2.24) is 30.8 Å². The van der Waals surface area contributed by atoms with Crippen LogP contribution in [0.2, 0.25) is 0 Å². The SMILES string of the molecule is CC1(c2ccc3ccccc3c2)NC(=O)N(CC(=O)Nc2ccc(-c3nn[nH]n3)cc2)C1=O. The van der Waals surface area contributed by atoms with Gasteiger partial charge in [0.1, 0.15) is 12.1 Å². The van der Waals surface area contributed by atoms with Crippen molar-refractivity contribution in [3.05, 3.63) is 72.3 Å². The van der Waals surface area contributed by atoms with Crippen LogP contribution in [0.25, 0.3) is 22.2 Å². The zero-order valence-electron chi connectivity index (χ0n) is 17.6. The molecule has 164 valence electrons. The van der Waals surface area contributed by atoms with Gasteiger partial charge in [0, 0.05) is 11.3 Å². The maximum Gasteiger partial charge on any atom is 0.325 e. The van der Waals surface area contributed by atoms with Gasteiger partial charge in [-0.1, -0.05) is 36.4 Å². The normalized spacial score (nSPS) is 17.9. The Morgan fingerprint density at radius 2 is 1.79 bits per heavy atom. The van der Waals surface area contributed by atoms with Gasteiger partial charge in [0.05, 0.1) is 0 Å². The molecular weight excluding hydrogens is 422 g/mol. The number of carbonyl (C=O) groups excluding carboxylic acids is 3. The van der Waals surface area contributed by atoms with E-state index >= 15 is 0 Å². The number of amides is 4. The van der Waals surface area contributed by atoms with Crippen LogP contribution in [0.1, 0.15) is 12.5 Å². The molecule has 3 N–H and O–H groups in total. The monoisotopic (exact) mass is 441 g/mol. The summed E-state index contributed by atoms with van der Waals surface area (Å²) in [7, 11) is 0. The fourth-order valence-corrected chi connectivity index (χ4v) is 3.87. The number of rotatable bonds is 5. The van der Waals surface area contributed by atoms with Crippen LogP contribution >= 0.6 is 0 Å². The van der Waals surface area contributed by atoms with Crippen molar-refractivity contribution in [2.45, 2.75) is 12.5 Å². The molecule has 1 aromatic heterocycles. The number of anilines is 1. The summed E-state index contributed by atoms with van der Waals surface area (Å²) in [6.07, 6.45) is 0. The Bertz CT molecular complexity index is 1370. The van der Waals surface area contributed by atoms with Gasteiger partial charge in [-0.3, -0.25) is 14.5 Å². The smallest absolute Gasteiger partial charge is 0.325 e. The Labute approximate surface area is 188 Å². The minimum absolute atomic E-state index is 0.402. The third-order valence-electron chi connectivity index (χ3n) is 5.68. The minimum Gasteiger partial charge on any atom is -0.325 e. The molecule has 2 heterocycles. The number of aromatic nitrogens is 4. The lowest BCUT2D eigenvalue weighted by atomic mass is 9.90. The van der Waals surface area contributed by atoms with E-state index in [9.17, 15) is 14.4 Å². The Balaban J connectivity index is 1.30. The van der Waals surface area contributed by atoms with Gasteiger partial charge in [-0.05, 0) is 58.8 Å². The average molecular weight is 441 g/mol. The van der Waals surface area contributed by atoms with Gasteiger partial charge in [-0.2, -0.15) is 5.21 Å². The summed E-state index contributed by atoms with van der Waals surface area (Å²) in [5.74, 6) is -0.542. The van der Waals surface area contributed by atoms with E-state index in [0.29, 0.717) is 17.1 Å². The summed E-state index contributed by atoms with van der Waals surface area (Å²) < 4.78 is 0. The van der Waals surface area contributed by atoms with Gasteiger partial charge >= 0.3 is 6.03 Å². The lowest BCUT2D eigenvalue weighted by Gasteiger charge is -2.22. The van der Waals surface area contributed by atoms with E-state index in [0.717, 1.165) is 21.2 Å². The number of hydrogen-bond acceptors (Lipinski definition) is 6. The second-order valence-electron chi connectivity index (χ2n) is 7.87. The minimum atomic E-state index is -1.26. The molecule has 10 nitrogen and oxygen atoms in total. The van der Waals surface area contributed by atoms with Crippen molar-refractivity contribution in [2.75, 3.05) is 11.9 Å². The number of benzene rings is 3. The molecule has 0 radical (unpaired) electrons. The highest BCUT2D eigenvalue weighted by Crippen LogP contribution is 2.31. The predicted molar refractivity (Wildman–Crippen MR) is 120 cm³/mol. The third-order valence-corrected chi connectivity index (χ3v) is 5.68. The zero-order valence-corrected chi connectivity index (χ0v) is 17.6. The highest BCUT2D eigenvalue weighted by atomic mass is 16.2. The average Bonchev–Trinajstić information content (AvgIpc) is 3.43. The van der Waals surface area contributed by atoms with Crippen LogP contribution in [-0.4, -0.2) is 49.9 Å².